The second-order valence-electron chi connectivity index (χ2n) is 4.39. The Kier molecular flexibility index (Phi) is 4.23. The smallest absolute Gasteiger partial charge is 0.331 e. The lowest BCUT2D eigenvalue weighted by Gasteiger charge is -2.17. The second kappa shape index (κ2) is 5.27. The molecule has 0 aliphatic heterocycles. The van der Waals surface area contributed by atoms with E-state index >= 15 is 0 Å². The van der Waals surface area contributed by atoms with Crippen LogP contribution in [0.3, 0.4) is 0 Å². The molecular weight excluding hydrogens is 245 g/mol. The van der Waals surface area contributed by atoms with Crippen molar-refractivity contribution in [1.29, 1.82) is 0 Å². The average molecular weight is 258 g/mol. The van der Waals surface area contributed by atoms with Crippen molar-refractivity contribution in [2.45, 2.75) is 26.4 Å². The van der Waals surface area contributed by atoms with Crippen molar-refractivity contribution in [2.24, 2.45) is 0 Å². The predicted octanol–water partition coefficient (Wildman–Crippen LogP) is 3.23. The van der Waals surface area contributed by atoms with Gasteiger partial charge in [0.15, 0.2) is 5.82 Å². The number of hydrogen-bond donors (Lipinski definition) is 0. The van der Waals surface area contributed by atoms with E-state index in [1.807, 2.05) is 0 Å². The zero-order valence-corrected chi connectivity index (χ0v) is 10.6. The van der Waals surface area contributed by atoms with Gasteiger partial charge in [-0.2, -0.15) is 0 Å². The summed E-state index contributed by atoms with van der Waals surface area (Å²) in [5.41, 5.74) is -0.233. The Hall–Kier alpha value is -1.42. The zero-order valence-electron chi connectivity index (χ0n) is 9.83. The Bertz CT molecular complexity index is 452. The summed E-state index contributed by atoms with van der Waals surface area (Å²) < 4.78 is 18.1. The van der Waals surface area contributed by atoms with Gasteiger partial charge in [0.25, 0.3) is 0 Å². The fourth-order valence-corrected chi connectivity index (χ4v) is 1.20. The van der Waals surface area contributed by atoms with Crippen LogP contribution in [0.15, 0.2) is 18.5 Å². The van der Waals surface area contributed by atoms with Crippen LogP contribution >= 0.6 is 11.6 Å². The van der Waals surface area contributed by atoms with Crippen LogP contribution in [0.2, 0.25) is 5.02 Å². The van der Waals surface area contributed by atoms with Crippen molar-refractivity contribution in [3.8, 4) is 0 Å². The second-order valence-corrected chi connectivity index (χ2v) is 4.77. The number of halogens is 2. The number of esters is 1. The molecule has 0 radical (unpaired) electrons. The molecule has 0 fully saturated rings. The summed E-state index contributed by atoms with van der Waals surface area (Å²) in [6, 6.07) is 0. The van der Waals surface area contributed by atoms with Gasteiger partial charge in [-0.15, -0.1) is 0 Å². The monoisotopic (exact) mass is 257 g/mol. The highest BCUT2D eigenvalue weighted by Crippen LogP contribution is 2.19. The minimum Gasteiger partial charge on any atom is -0.457 e. The van der Waals surface area contributed by atoms with Crippen LogP contribution in [0.5, 0.6) is 0 Å². The van der Waals surface area contributed by atoms with Gasteiger partial charge in [-0.1, -0.05) is 11.6 Å². The molecule has 3 nitrogen and oxygen atoms in total. The normalized spacial score (nSPS) is 11.8. The van der Waals surface area contributed by atoms with Gasteiger partial charge in [-0.3, -0.25) is 4.98 Å². The Morgan fingerprint density at radius 1 is 1.47 bits per heavy atom. The van der Waals surface area contributed by atoms with Crippen LogP contribution in [0.1, 0.15) is 26.3 Å². The molecule has 0 bridgehead atoms. The number of carbonyl (C=O) groups is 1. The summed E-state index contributed by atoms with van der Waals surface area (Å²) >= 11 is 5.69. The first-order valence-corrected chi connectivity index (χ1v) is 5.37. The summed E-state index contributed by atoms with van der Waals surface area (Å²) in [7, 11) is 0. The number of hydrogen-bond acceptors (Lipinski definition) is 3. The van der Waals surface area contributed by atoms with Crippen LogP contribution in [-0.2, 0) is 9.53 Å². The number of rotatable bonds is 2. The van der Waals surface area contributed by atoms with Crippen LogP contribution in [-0.4, -0.2) is 16.6 Å². The van der Waals surface area contributed by atoms with Gasteiger partial charge in [-0.25, -0.2) is 9.18 Å². The summed E-state index contributed by atoms with van der Waals surface area (Å²) in [6.07, 6.45) is 4.93. The van der Waals surface area contributed by atoms with Crippen LogP contribution < -0.4 is 0 Å². The van der Waals surface area contributed by atoms with Crippen LogP contribution in [0.4, 0.5) is 4.39 Å². The SMILES string of the molecule is CC(C)(C)OC(=O)/C=C/c1cncc(F)c1Cl. The van der Waals surface area contributed by atoms with E-state index in [4.69, 9.17) is 16.3 Å². The molecule has 92 valence electrons. The summed E-state index contributed by atoms with van der Waals surface area (Å²) in [5.74, 6) is -1.14. The maximum atomic E-state index is 13.0. The molecule has 5 heteroatoms. The molecule has 0 aliphatic rings. The van der Waals surface area contributed by atoms with Gasteiger partial charge >= 0.3 is 5.97 Å². The van der Waals surface area contributed by atoms with Gasteiger partial charge in [0.05, 0.1) is 11.2 Å². The van der Waals surface area contributed by atoms with Crippen LogP contribution in [0, 0.1) is 5.82 Å². The topological polar surface area (TPSA) is 39.2 Å². The highest BCUT2D eigenvalue weighted by molar-refractivity contribution is 6.32. The third kappa shape index (κ3) is 4.53. The molecule has 0 spiro atoms. The maximum absolute atomic E-state index is 13.0. The Morgan fingerprint density at radius 3 is 2.71 bits per heavy atom. The van der Waals surface area contributed by atoms with E-state index < -0.39 is 17.4 Å². The molecule has 17 heavy (non-hydrogen) atoms. The molecule has 0 atom stereocenters. The van der Waals surface area contributed by atoms with Crippen molar-refractivity contribution in [3.05, 3.63) is 34.9 Å². The van der Waals surface area contributed by atoms with Gasteiger partial charge in [0, 0.05) is 17.8 Å². The average Bonchev–Trinajstić information content (AvgIpc) is 2.18. The molecule has 0 saturated carbocycles. The largest absolute Gasteiger partial charge is 0.457 e. The van der Waals surface area contributed by atoms with Crippen LogP contribution in [0.25, 0.3) is 6.08 Å². The fourth-order valence-electron chi connectivity index (χ4n) is 1.04. The molecule has 1 heterocycles. The highest BCUT2D eigenvalue weighted by Gasteiger charge is 2.14. The molecule has 0 aromatic carbocycles. The molecule has 0 amide bonds. The predicted molar refractivity (Wildman–Crippen MR) is 64.1 cm³/mol. The Morgan fingerprint density at radius 2 is 2.12 bits per heavy atom. The van der Waals surface area contributed by atoms with Gasteiger partial charge in [0.2, 0.25) is 0 Å². The van der Waals surface area contributed by atoms with E-state index in [0.717, 1.165) is 6.20 Å². The first-order chi connectivity index (χ1) is 7.79. The van der Waals surface area contributed by atoms with E-state index in [-0.39, 0.29) is 5.02 Å². The fraction of sp³-hybridized carbons (Fsp3) is 0.333. The molecule has 0 aliphatic carbocycles. The molecular formula is C12H13ClFNO2. The third-order valence-electron chi connectivity index (χ3n) is 1.67. The van der Waals surface area contributed by atoms with Gasteiger partial charge < -0.3 is 4.74 Å². The molecule has 1 rings (SSSR count). The lowest BCUT2D eigenvalue weighted by molar-refractivity contribution is -0.148. The molecule has 0 N–H and O–H groups in total. The van der Waals surface area contributed by atoms with E-state index in [2.05, 4.69) is 4.98 Å². The molecule has 0 saturated heterocycles. The molecule has 1 aromatic rings. The quantitative estimate of drug-likeness (QED) is 0.603. The lowest BCUT2D eigenvalue weighted by Crippen LogP contribution is -2.22. The van der Waals surface area contributed by atoms with E-state index in [0.29, 0.717) is 5.56 Å². The molecule has 0 unspecified atom stereocenters. The number of nitrogens with zero attached hydrogens (tertiary/aromatic N) is 1. The van der Waals surface area contributed by atoms with E-state index in [9.17, 15) is 9.18 Å². The van der Waals surface area contributed by atoms with Crippen molar-refractivity contribution >= 4 is 23.6 Å². The number of aromatic nitrogens is 1. The highest BCUT2D eigenvalue weighted by atomic mass is 35.5. The number of carbonyl (C=O) groups excluding carboxylic acids is 1. The zero-order chi connectivity index (χ0) is 13.1. The van der Waals surface area contributed by atoms with E-state index in [1.54, 1.807) is 20.8 Å². The first kappa shape index (κ1) is 13.6. The first-order valence-electron chi connectivity index (χ1n) is 4.99. The standard InChI is InChI=1S/C12H13ClFNO2/c1-12(2,3)17-10(16)5-4-8-6-15-7-9(14)11(8)13/h4-7H,1-3H3/b5-4+. The van der Waals surface area contributed by atoms with Crippen molar-refractivity contribution in [1.82, 2.24) is 4.98 Å². The minimum atomic E-state index is -0.627. The van der Waals surface area contributed by atoms with Gasteiger partial charge in [-0.05, 0) is 26.8 Å². The Balaban J connectivity index is 2.78. The van der Waals surface area contributed by atoms with Crippen molar-refractivity contribution in [2.75, 3.05) is 0 Å². The number of ether oxygens (including phenoxy) is 1. The van der Waals surface area contributed by atoms with Gasteiger partial charge in [0.1, 0.15) is 5.60 Å². The lowest BCUT2D eigenvalue weighted by atomic mass is 10.2. The third-order valence-corrected chi connectivity index (χ3v) is 2.07. The Labute approximate surface area is 104 Å². The number of pyridine rings is 1. The minimum absolute atomic E-state index is 0.0696. The summed E-state index contributed by atoms with van der Waals surface area (Å²) in [5, 5.41) is -0.0696. The maximum Gasteiger partial charge on any atom is 0.331 e. The van der Waals surface area contributed by atoms with E-state index in [1.165, 1.54) is 18.3 Å². The van der Waals surface area contributed by atoms with Crippen molar-refractivity contribution in [3.63, 3.8) is 0 Å². The summed E-state index contributed by atoms with van der Waals surface area (Å²) in [4.78, 5) is 15.0. The summed E-state index contributed by atoms with van der Waals surface area (Å²) in [6.45, 7) is 5.28. The van der Waals surface area contributed by atoms with Crippen molar-refractivity contribution < 1.29 is 13.9 Å². The molecule has 1 aromatic heterocycles.